The number of ether oxygens (including phenoxy) is 2. The number of nitrogens with one attached hydrogen (secondary N) is 2. The molecule has 492 valence electrons. The van der Waals surface area contributed by atoms with Crippen LogP contribution < -0.4 is 15.2 Å². The molecule has 0 aliphatic rings. The molecule has 99 heavy (non-hydrogen) atoms. The summed E-state index contributed by atoms with van der Waals surface area (Å²) in [6.07, 6.45) is 3.07. The summed E-state index contributed by atoms with van der Waals surface area (Å²) in [5.74, 6) is 1.12. The molecular formula is C82H76N13O4+. The number of imidazole rings is 1. The second kappa shape index (κ2) is 28.6. The molecule has 2 amide bonds. The molecule has 13 rings (SSSR count). The Morgan fingerprint density at radius 3 is 1.19 bits per heavy atom. The van der Waals surface area contributed by atoms with Gasteiger partial charge in [-0.25, -0.2) is 28.1 Å². The van der Waals surface area contributed by atoms with Gasteiger partial charge in [0, 0.05) is 24.1 Å². The van der Waals surface area contributed by atoms with Crippen LogP contribution in [0.25, 0.3) is 45.0 Å². The minimum atomic E-state index is -0.941. The molecule has 0 spiro atoms. The Morgan fingerprint density at radius 1 is 0.444 bits per heavy atom. The molecule has 10 aromatic carbocycles. The van der Waals surface area contributed by atoms with Crippen molar-refractivity contribution in [2.24, 2.45) is 4.99 Å². The van der Waals surface area contributed by atoms with Crippen molar-refractivity contribution < 1.29 is 23.6 Å². The molecule has 0 saturated heterocycles. The van der Waals surface area contributed by atoms with E-state index in [1.807, 2.05) is 70.0 Å². The van der Waals surface area contributed by atoms with E-state index in [9.17, 15) is 9.59 Å². The highest BCUT2D eigenvalue weighted by Crippen LogP contribution is 2.46. The maximum absolute atomic E-state index is 13.1. The van der Waals surface area contributed by atoms with Gasteiger partial charge < -0.3 is 14.8 Å². The molecule has 0 saturated carbocycles. The molecule has 0 aliphatic carbocycles. The normalized spacial score (nSPS) is 12.0. The number of nitrogens with zero attached hydrogens (tertiary/aromatic N) is 11. The van der Waals surface area contributed by atoms with Gasteiger partial charge in [-0.05, 0) is 129 Å². The number of hydrogen-bond donors (Lipinski definition) is 2. The van der Waals surface area contributed by atoms with Crippen LogP contribution in [0.3, 0.4) is 0 Å². The Hall–Kier alpha value is -12.2. The molecule has 3 aromatic heterocycles. The fourth-order valence-electron chi connectivity index (χ4n) is 13.0. The average molecular weight is 1310 g/mol. The van der Waals surface area contributed by atoms with Crippen LogP contribution in [0.15, 0.2) is 297 Å². The SMILES string of the molecule is CC(C)(C)OC(=O)N=C(NCCc1cn(Cc2ccc(-c3ccccc3-c3nnnn3C(c3ccccc3)(c3ccccc3)c3ccccc3)cc2)c[n+]1Cc1ccc(-c2ccccc2-c2nnnn2C(c2ccccc2)(c2ccccc2)c2ccccc2)cc1)NC(=O)OC(C)(C)C. The monoisotopic (exact) mass is 1310 g/mol. The summed E-state index contributed by atoms with van der Waals surface area (Å²) in [5, 5.41) is 34.0. The zero-order chi connectivity index (χ0) is 68.4. The summed E-state index contributed by atoms with van der Waals surface area (Å²) in [6.45, 7) is 11.9. The number of tetrazole rings is 2. The molecule has 0 bridgehead atoms. The summed E-state index contributed by atoms with van der Waals surface area (Å²) in [4.78, 5) is 30.4. The predicted molar refractivity (Wildman–Crippen MR) is 384 cm³/mol. The first-order valence-corrected chi connectivity index (χ1v) is 33.1. The molecule has 0 unspecified atom stereocenters. The van der Waals surface area contributed by atoms with E-state index in [0.717, 1.165) is 83.6 Å². The number of guanidine groups is 1. The van der Waals surface area contributed by atoms with Crippen LogP contribution in [0.1, 0.15) is 91.7 Å². The van der Waals surface area contributed by atoms with Gasteiger partial charge in [0.2, 0.25) is 12.3 Å². The number of benzene rings is 10. The van der Waals surface area contributed by atoms with E-state index in [1.54, 1.807) is 41.5 Å². The molecule has 3 heterocycles. The molecule has 17 nitrogen and oxygen atoms in total. The maximum Gasteiger partial charge on any atom is 0.437 e. The Morgan fingerprint density at radius 2 is 0.808 bits per heavy atom. The minimum Gasteiger partial charge on any atom is -0.444 e. The van der Waals surface area contributed by atoms with E-state index in [2.05, 4.69) is 266 Å². The van der Waals surface area contributed by atoms with Crippen LogP contribution in [-0.2, 0) is 40.1 Å². The lowest BCUT2D eigenvalue weighted by Crippen LogP contribution is -2.45. The highest BCUT2D eigenvalue weighted by Gasteiger charge is 2.44. The van der Waals surface area contributed by atoms with Gasteiger partial charge in [-0.1, -0.05) is 279 Å². The third-order valence-electron chi connectivity index (χ3n) is 17.2. The van der Waals surface area contributed by atoms with Gasteiger partial charge in [-0.2, -0.15) is 0 Å². The third-order valence-corrected chi connectivity index (χ3v) is 17.2. The topological polar surface area (TPSA) is 185 Å². The summed E-state index contributed by atoms with van der Waals surface area (Å²) >= 11 is 0. The highest BCUT2D eigenvalue weighted by molar-refractivity contribution is 5.99. The summed E-state index contributed by atoms with van der Waals surface area (Å²) < 4.78 is 19.4. The summed E-state index contributed by atoms with van der Waals surface area (Å²) in [6, 6.07) is 96.2. The lowest BCUT2D eigenvalue weighted by Gasteiger charge is -2.36. The van der Waals surface area contributed by atoms with Crippen LogP contribution in [0.5, 0.6) is 0 Å². The number of aromatic nitrogens is 10. The number of rotatable bonds is 19. The van der Waals surface area contributed by atoms with E-state index in [-0.39, 0.29) is 12.5 Å². The van der Waals surface area contributed by atoms with E-state index >= 15 is 0 Å². The average Bonchev–Trinajstić information content (AvgIpc) is 1.72. The zero-order valence-corrected chi connectivity index (χ0v) is 56.1. The van der Waals surface area contributed by atoms with Gasteiger partial charge in [-0.15, -0.1) is 15.2 Å². The largest absolute Gasteiger partial charge is 0.444 e. The number of carbonyl (C=O) groups excluding carboxylic acids is 2. The number of amides is 2. The Labute approximate surface area is 576 Å². The third kappa shape index (κ3) is 14.2. The quantitative estimate of drug-likeness (QED) is 0.0340. The van der Waals surface area contributed by atoms with Gasteiger partial charge >= 0.3 is 12.2 Å². The van der Waals surface area contributed by atoms with Gasteiger partial charge in [0.15, 0.2) is 11.6 Å². The molecule has 13 aromatic rings. The fourth-order valence-corrected chi connectivity index (χ4v) is 13.0. The van der Waals surface area contributed by atoms with E-state index in [0.29, 0.717) is 31.2 Å². The second-order valence-electron chi connectivity index (χ2n) is 26.2. The molecule has 17 heteroatoms. The highest BCUT2D eigenvalue weighted by atomic mass is 16.6. The number of hydrogen-bond acceptors (Lipinski definition) is 10. The zero-order valence-electron chi connectivity index (χ0n) is 56.1. The van der Waals surface area contributed by atoms with Crippen molar-refractivity contribution in [2.75, 3.05) is 6.54 Å². The van der Waals surface area contributed by atoms with Crippen molar-refractivity contribution in [2.45, 2.75) is 83.3 Å². The van der Waals surface area contributed by atoms with Crippen molar-refractivity contribution in [3.8, 4) is 45.0 Å². The minimum absolute atomic E-state index is 0.0960. The first-order valence-electron chi connectivity index (χ1n) is 33.1. The van der Waals surface area contributed by atoms with Gasteiger partial charge in [-0.3, -0.25) is 5.32 Å². The van der Waals surface area contributed by atoms with Crippen LogP contribution in [0.4, 0.5) is 9.59 Å². The summed E-state index contributed by atoms with van der Waals surface area (Å²) in [5.41, 5.74) is 11.3. The lowest BCUT2D eigenvalue weighted by molar-refractivity contribution is -0.694. The van der Waals surface area contributed by atoms with Crippen LogP contribution >= 0.6 is 0 Å². The standard InChI is InChI=1S/C82H75N13O4/c1-79(2,3)98-77(96)84-76(85-78(97)99-80(4,5)6)83-54-53-69-57-92(55-59-45-49-61(50-46-59)70-41-25-27-43-72(70)74-86-88-90-94(74)81(63-29-13-7-14-30-63,64-31-15-8-16-32-64)65-33-17-9-18-34-65)58-93(69)56-60-47-51-62(52-48-60)71-42-26-28-44-73(71)75-87-89-91-95(75)82(66-35-19-10-20-36-66,67-37-21-11-22-38-67)68-39-23-12-24-40-68/h7-52,57-58H,53-56H2,1-6H3,(H-,83,84,85,96,97)/p+1. The van der Waals surface area contributed by atoms with Crippen molar-refractivity contribution in [3.05, 3.63) is 342 Å². The van der Waals surface area contributed by atoms with Crippen molar-refractivity contribution in [3.63, 3.8) is 0 Å². The first kappa shape index (κ1) is 65.4. The molecule has 0 radical (unpaired) electrons. The molecular weight excluding hydrogens is 1230 g/mol. The van der Waals surface area contributed by atoms with E-state index in [1.165, 1.54) is 0 Å². The van der Waals surface area contributed by atoms with Gasteiger partial charge in [0.1, 0.15) is 47.3 Å². The van der Waals surface area contributed by atoms with Crippen LogP contribution in [0, 0.1) is 0 Å². The van der Waals surface area contributed by atoms with Crippen LogP contribution in [-0.4, -0.2) is 80.9 Å². The van der Waals surface area contributed by atoms with E-state index < -0.39 is 34.5 Å². The predicted octanol–water partition coefficient (Wildman–Crippen LogP) is 15.1. The maximum atomic E-state index is 13.1. The second-order valence-corrected chi connectivity index (χ2v) is 26.2. The molecule has 2 N–H and O–H groups in total. The number of aliphatic imine (C=N–C) groups is 1. The van der Waals surface area contributed by atoms with Crippen molar-refractivity contribution in [1.82, 2.24) is 55.6 Å². The molecule has 0 atom stereocenters. The summed E-state index contributed by atoms with van der Waals surface area (Å²) in [7, 11) is 0. The number of alkyl carbamates (subject to hydrolysis) is 1. The molecule has 0 aliphatic heterocycles. The van der Waals surface area contributed by atoms with Gasteiger partial charge in [0.25, 0.3) is 0 Å². The van der Waals surface area contributed by atoms with E-state index in [4.69, 9.17) is 30.1 Å². The molecule has 0 fully saturated rings. The Balaban J connectivity index is 0.820. The van der Waals surface area contributed by atoms with Crippen molar-refractivity contribution >= 4 is 18.1 Å². The fraction of sp³-hybridized carbons (Fsp3) is 0.171. The lowest BCUT2D eigenvalue weighted by atomic mass is 9.77. The van der Waals surface area contributed by atoms with Crippen molar-refractivity contribution in [1.29, 1.82) is 0 Å². The van der Waals surface area contributed by atoms with Gasteiger partial charge in [0.05, 0.1) is 0 Å². The van der Waals surface area contributed by atoms with Crippen LogP contribution in [0.2, 0.25) is 0 Å². The Bertz CT molecular complexity index is 4700. The smallest absolute Gasteiger partial charge is 0.437 e. The Kier molecular flexibility index (Phi) is 18.9. The first-order chi connectivity index (χ1) is 48.1. The number of carbonyl (C=O) groups is 2.